The highest BCUT2D eigenvalue weighted by Crippen LogP contribution is 2.37. The molecule has 0 bridgehead atoms. The summed E-state index contributed by atoms with van der Waals surface area (Å²) in [5.74, 6) is 1.09. The lowest BCUT2D eigenvalue weighted by atomic mass is 9.94. The first kappa shape index (κ1) is 14.7. The highest BCUT2D eigenvalue weighted by atomic mass is 16.5. The molecule has 2 heteroatoms. The molecule has 1 aromatic carbocycles. The Morgan fingerprint density at radius 3 is 2.33 bits per heavy atom. The van der Waals surface area contributed by atoms with Gasteiger partial charge >= 0.3 is 0 Å². The highest BCUT2D eigenvalue weighted by molar-refractivity contribution is 5.62. The molecule has 1 N–H and O–H groups in total. The van der Waals surface area contributed by atoms with Crippen LogP contribution >= 0.6 is 0 Å². The smallest absolute Gasteiger partial charge is 0.145 e. The molecule has 21 heavy (non-hydrogen) atoms. The quantitative estimate of drug-likeness (QED) is 0.685. The summed E-state index contributed by atoms with van der Waals surface area (Å²) in [6, 6.07) is 6.93. The summed E-state index contributed by atoms with van der Waals surface area (Å²) < 4.78 is 6.41. The Kier molecular flexibility index (Phi) is 5.05. The molecule has 0 radical (unpaired) electrons. The molecule has 3 rings (SSSR count). The normalized spacial score (nSPS) is 27.1. The summed E-state index contributed by atoms with van der Waals surface area (Å²) in [6.07, 6.45) is 13.9. The van der Waals surface area contributed by atoms with E-state index >= 15 is 0 Å². The molecule has 1 aliphatic heterocycles. The van der Waals surface area contributed by atoms with E-state index in [4.69, 9.17) is 4.74 Å². The second kappa shape index (κ2) is 7.20. The summed E-state index contributed by atoms with van der Waals surface area (Å²) in [4.78, 5) is 0. The van der Waals surface area contributed by atoms with Gasteiger partial charge in [0.2, 0.25) is 0 Å². The lowest BCUT2D eigenvalue weighted by Crippen LogP contribution is -2.41. The summed E-state index contributed by atoms with van der Waals surface area (Å²) in [6.45, 7) is 2.15. The molecule has 0 spiro atoms. The minimum absolute atomic E-state index is 0.359. The lowest BCUT2D eigenvalue weighted by molar-refractivity contribution is 0.147. The van der Waals surface area contributed by atoms with Crippen LogP contribution in [0.4, 0.5) is 5.69 Å². The second-order valence-corrected chi connectivity index (χ2v) is 6.76. The second-order valence-electron chi connectivity index (χ2n) is 6.76. The monoisotopic (exact) mass is 287 g/mol. The van der Waals surface area contributed by atoms with Crippen LogP contribution in [-0.4, -0.2) is 12.1 Å². The van der Waals surface area contributed by atoms with Gasteiger partial charge in [-0.1, -0.05) is 57.1 Å². The van der Waals surface area contributed by atoms with E-state index in [1.54, 1.807) is 0 Å². The van der Waals surface area contributed by atoms with Crippen molar-refractivity contribution < 1.29 is 4.74 Å². The maximum Gasteiger partial charge on any atom is 0.145 e. The fourth-order valence-electron chi connectivity index (χ4n) is 3.74. The zero-order valence-corrected chi connectivity index (χ0v) is 13.4. The Bertz CT molecular complexity index is 457. The summed E-state index contributed by atoms with van der Waals surface area (Å²) in [5.41, 5.74) is 2.45. The molecule has 2 aliphatic rings. The van der Waals surface area contributed by atoms with Crippen molar-refractivity contribution in [3.8, 4) is 5.75 Å². The van der Waals surface area contributed by atoms with Gasteiger partial charge in [-0.2, -0.15) is 0 Å². The number of benzene rings is 1. The molecule has 0 amide bonds. The fourth-order valence-corrected chi connectivity index (χ4v) is 3.74. The van der Waals surface area contributed by atoms with Gasteiger partial charge in [0.05, 0.1) is 11.7 Å². The molecule has 116 valence electrons. The Balaban J connectivity index is 1.72. The molecular weight excluding hydrogens is 258 g/mol. The first-order chi connectivity index (χ1) is 10.3. The SMILES string of the molecule is Cc1cccc2c1OC1CCCCCCCCCCC1N2. The predicted molar refractivity (Wildman–Crippen MR) is 89.2 cm³/mol. The van der Waals surface area contributed by atoms with Crippen LogP contribution in [0.1, 0.15) is 69.8 Å². The van der Waals surface area contributed by atoms with Gasteiger partial charge in [0, 0.05) is 0 Å². The molecule has 1 saturated carbocycles. The van der Waals surface area contributed by atoms with Crippen LogP contribution in [0.5, 0.6) is 5.75 Å². The zero-order valence-electron chi connectivity index (χ0n) is 13.4. The van der Waals surface area contributed by atoms with Crippen molar-refractivity contribution in [2.45, 2.75) is 83.3 Å². The number of aryl methyl sites for hydroxylation is 1. The van der Waals surface area contributed by atoms with Crippen LogP contribution in [0.25, 0.3) is 0 Å². The zero-order chi connectivity index (χ0) is 14.5. The molecule has 0 aromatic heterocycles. The van der Waals surface area contributed by atoms with E-state index in [1.165, 1.54) is 75.5 Å². The number of fused-ring (bicyclic) bond motifs is 2. The Morgan fingerprint density at radius 1 is 0.905 bits per heavy atom. The molecule has 1 aliphatic carbocycles. The average Bonchev–Trinajstić information content (AvgIpc) is 2.48. The summed E-state index contributed by atoms with van der Waals surface area (Å²) in [5, 5.41) is 3.77. The van der Waals surface area contributed by atoms with Crippen molar-refractivity contribution in [1.29, 1.82) is 0 Å². The molecule has 2 nitrogen and oxygen atoms in total. The third-order valence-electron chi connectivity index (χ3n) is 5.02. The predicted octanol–water partition coefficient (Wildman–Crippen LogP) is 5.45. The molecule has 2 atom stereocenters. The van der Waals surface area contributed by atoms with Crippen molar-refractivity contribution in [2.75, 3.05) is 5.32 Å². The van der Waals surface area contributed by atoms with E-state index in [2.05, 4.69) is 30.4 Å². The summed E-state index contributed by atoms with van der Waals surface area (Å²) in [7, 11) is 0. The third kappa shape index (κ3) is 3.72. The van der Waals surface area contributed by atoms with Gasteiger partial charge in [0.15, 0.2) is 0 Å². The molecule has 1 fully saturated rings. The summed E-state index contributed by atoms with van der Waals surface area (Å²) >= 11 is 0. The number of hydrogen-bond acceptors (Lipinski definition) is 2. The van der Waals surface area contributed by atoms with E-state index in [0.717, 1.165) is 5.75 Å². The molecule has 0 saturated heterocycles. The van der Waals surface area contributed by atoms with E-state index in [9.17, 15) is 0 Å². The number of hydrogen-bond donors (Lipinski definition) is 1. The Hall–Kier alpha value is -1.18. The fraction of sp³-hybridized carbons (Fsp3) is 0.684. The van der Waals surface area contributed by atoms with E-state index in [0.29, 0.717) is 12.1 Å². The number of rotatable bonds is 0. The molecule has 1 aromatic rings. The van der Waals surface area contributed by atoms with Crippen LogP contribution in [0.3, 0.4) is 0 Å². The lowest BCUT2D eigenvalue weighted by Gasteiger charge is -2.36. The van der Waals surface area contributed by atoms with Gasteiger partial charge in [0.1, 0.15) is 11.9 Å². The van der Waals surface area contributed by atoms with E-state index < -0.39 is 0 Å². The van der Waals surface area contributed by atoms with E-state index in [1.807, 2.05) is 0 Å². The van der Waals surface area contributed by atoms with Gasteiger partial charge in [-0.25, -0.2) is 0 Å². The molecular formula is C19H29NO. The average molecular weight is 287 g/mol. The van der Waals surface area contributed by atoms with Crippen molar-refractivity contribution in [3.05, 3.63) is 23.8 Å². The van der Waals surface area contributed by atoms with Gasteiger partial charge in [-0.05, 0) is 37.8 Å². The maximum atomic E-state index is 6.41. The minimum atomic E-state index is 0.359. The molecule has 2 unspecified atom stereocenters. The topological polar surface area (TPSA) is 21.3 Å². The number of para-hydroxylation sites is 1. The number of ether oxygens (including phenoxy) is 1. The van der Waals surface area contributed by atoms with Crippen LogP contribution in [0.15, 0.2) is 18.2 Å². The van der Waals surface area contributed by atoms with Crippen molar-refractivity contribution in [1.82, 2.24) is 0 Å². The van der Waals surface area contributed by atoms with Crippen LogP contribution in [0.2, 0.25) is 0 Å². The third-order valence-corrected chi connectivity index (χ3v) is 5.02. The number of anilines is 1. The van der Waals surface area contributed by atoms with Crippen molar-refractivity contribution in [2.24, 2.45) is 0 Å². The molecule has 1 heterocycles. The Morgan fingerprint density at radius 2 is 1.57 bits per heavy atom. The van der Waals surface area contributed by atoms with Gasteiger partial charge in [-0.15, -0.1) is 0 Å². The van der Waals surface area contributed by atoms with Crippen molar-refractivity contribution in [3.63, 3.8) is 0 Å². The van der Waals surface area contributed by atoms with Gasteiger partial charge < -0.3 is 10.1 Å². The van der Waals surface area contributed by atoms with Crippen LogP contribution in [0, 0.1) is 6.92 Å². The van der Waals surface area contributed by atoms with Crippen molar-refractivity contribution >= 4 is 5.69 Å². The van der Waals surface area contributed by atoms with Crippen LogP contribution < -0.4 is 10.1 Å². The maximum absolute atomic E-state index is 6.41. The highest BCUT2D eigenvalue weighted by Gasteiger charge is 2.29. The minimum Gasteiger partial charge on any atom is -0.486 e. The van der Waals surface area contributed by atoms with Gasteiger partial charge in [-0.3, -0.25) is 0 Å². The van der Waals surface area contributed by atoms with Gasteiger partial charge in [0.25, 0.3) is 0 Å². The van der Waals surface area contributed by atoms with E-state index in [-0.39, 0.29) is 0 Å². The van der Waals surface area contributed by atoms with Crippen LogP contribution in [-0.2, 0) is 0 Å². The first-order valence-electron chi connectivity index (χ1n) is 8.87. The Labute approximate surface area is 129 Å². The number of nitrogens with one attached hydrogen (secondary N) is 1. The first-order valence-corrected chi connectivity index (χ1v) is 8.87. The standard InChI is InChI=1S/C19H29NO/c1-15-11-10-13-17-19(15)21-18-14-9-7-5-3-2-4-6-8-12-16(18)20-17/h10-11,13,16,18,20H,2-9,12,14H2,1H3. The largest absolute Gasteiger partial charge is 0.486 e.